The molecule has 0 aliphatic heterocycles. The largest absolute Gasteiger partial charge is 0.496 e. The molecule has 0 spiro atoms. The van der Waals surface area contributed by atoms with Gasteiger partial charge in [0.15, 0.2) is 11.0 Å². The highest BCUT2D eigenvalue weighted by Gasteiger charge is 2.21. The van der Waals surface area contributed by atoms with Crippen molar-refractivity contribution in [3.05, 3.63) is 76.3 Å². The van der Waals surface area contributed by atoms with Gasteiger partial charge in [-0.2, -0.15) is 4.98 Å². The summed E-state index contributed by atoms with van der Waals surface area (Å²) in [6.45, 7) is 5.80. The summed E-state index contributed by atoms with van der Waals surface area (Å²) in [5.41, 5.74) is 7.11. The molecule has 0 atom stereocenters. The lowest BCUT2D eigenvalue weighted by Gasteiger charge is -2.16. The summed E-state index contributed by atoms with van der Waals surface area (Å²) >= 11 is 6.48. The third-order valence-electron chi connectivity index (χ3n) is 5.96. The zero-order chi connectivity index (χ0) is 26.5. The standard InChI is InChI=1S/C27H30ClN4O5/c1-16-11-19(13-22(25(16)33-4)27(28)31-34-5)21(9-7-8-10-24-29-18(3)30-37-24)20-12-17(2)26-23(14-20)32(35-6)15-36-26/h9,11-15H,7-8,10H2,1-6H3/q+1/b21-9+,31-27-. The van der Waals surface area contributed by atoms with Gasteiger partial charge in [-0.25, -0.2) is 0 Å². The van der Waals surface area contributed by atoms with E-state index in [0.29, 0.717) is 29.4 Å². The number of aromatic nitrogens is 3. The van der Waals surface area contributed by atoms with Crippen molar-refractivity contribution in [1.29, 1.82) is 0 Å². The van der Waals surface area contributed by atoms with E-state index in [-0.39, 0.29) is 5.17 Å². The maximum absolute atomic E-state index is 6.48. The number of unbranched alkanes of at least 4 members (excludes halogenated alkanes) is 1. The van der Waals surface area contributed by atoms with Crippen LogP contribution in [-0.4, -0.2) is 36.6 Å². The lowest BCUT2D eigenvalue weighted by atomic mass is 9.92. The highest BCUT2D eigenvalue weighted by atomic mass is 35.5. The second-order valence-corrected chi connectivity index (χ2v) is 8.92. The predicted octanol–water partition coefficient (Wildman–Crippen LogP) is 5.10. The van der Waals surface area contributed by atoms with E-state index in [1.54, 1.807) is 25.3 Å². The number of fused-ring (bicyclic) bond motifs is 1. The van der Waals surface area contributed by atoms with E-state index < -0.39 is 0 Å². The number of rotatable bonds is 10. The molecular weight excluding hydrogens is 496 g/mol. The number of methoxy groups -OCH3 is 1. The van der Waals surface area contributed by atoms with Crippen LogP contribution in [0.3, 0.4) is 0 Å². The SMILES string of the molecule is CO/N=C(\Cl)c1cc(/C(=C\CCCc2nc(C)no2)c2cc(C)c3oc[n+](OC)c3c2)cc(C)c1OC. The molecule has 9 nitrogen and oxygen atoms in total. The van der Waals surface area contributed by atoms with Gasteiger partial charge in [-0.15, -0.1) is 0 Å². The predicted molar refractivity (Wildman–Crippen MR) is 140 cm³/mol. The molecule has 0 fully saturated rings. The molecule has 4 aromatic rings. The van der Waals surface area contributed by atoms with Gasteiger partial charge in [0.1, 0.15) is 20.0 Å². The van der Waals surface area contributed by atoms with Gasteiger partial charge >= 0.3 is 11.9 Å². The Morgan fingerprint density at radius 3 is 2.51 bits per heavy atom. The van der Waals surface area contributed by atoms with Crippen molar-refractivity contribution in [3.63, 3.8) is 0 Å². The lowest BCUT2D eigenvalue weighted by molar-refractivity contribution is -0.868. The Labute approximate surface area is 220 Å². The van der Waals surface area contributed by atoms with Gasteiger partial charge in [-0.1, -0.05) is 28.0 Å². The average Bonchev–Trinajstić information content (AvgIpc) is 3.49. The fourth-order valence-electron chi connectivity index (χ4n) is 4.35. The van der Waals surface area contributed by atoms with Crippen LogP contribution in [0.15, 0.2) is 50.8 Å². The number of hydrogen-bond donors (Lipinski definition) is 0. The third kappa shape index (κ3) is 5.61. The Hall–Kier alpha value is -3.85. The summed E-state index contributed by atoms with van der Waals surface area (Å²) in [7, 11) is 4.66. The van der Waals surface area contributed by atoms with Crippen LogP contribution in [0.25, 0.3) is 16.7 Å². The molecule has 0 amide bonds. The van der Waals surface area contributed by atoms with Gasteiger partial charge in [-0.3, -0.25) is 4.84 Å². The minimum absolute atomic E-state index is 0.203. The lowest BCUT2D eigenvalue weighted by Crippen LogP contribution is -2.38. The first-order valence-electron chi connectivity index (χ1n) is 11.8. The number of allylic oxidation sites excluding steroid dienone is 1. The van der Waals surface area contributed by atoms with Gasteiger partial charge in [-0.05, 0) is 79.6 Å². The first kappa shape index (κ1) is 26.2. The number of hydrogen-bond acceptors (Lipinski definition) is 8. The van der Waals surface area contributed by atoms with Crippen molar-refractivity contribution in [1.82, 2.24) is 10.1 Å². The van der Waals surface area contributed by atoms with Crippen molar-refractivity contribution < 1.29 is 28.1 Å². The molecular formula is C27H30ClN4O5+. The summed E-state index contributed by atoms with van der Waals surface area (Å²) in [5.74, 6) is 1.91. The molecule has 0 bridgehead atoms. The number of halogens is 1. The molecule has 0 saturated heterocycles. The van der Waals surface area contributed by atoms with Crippen molar-refractivity contribution in [2.75, 3.05) is 21.3 Å². The maximum atomic E-state index is 6.48. The van der Waals surface area contributed by atoms with Crippen LogP contribution in [0.5, 0.6) is 5.75 Å². The molecule has 2 heterocycles. The van der Waals surface area contributed by atoms with Gasteiger partial charge in [0.2, 0.25) is 11.5 Å². The van der Waals surface area contributed by atoms with Crippen LogP contribution >= 0.6 is 11.6 Å². The van der Waals surface area contributed by atoms with Crippen LogP contribution in [-0.2, 0) is 11.3 Å². The molecule has 0 saturated carbocycles. The van der Waals surface area contributed by atoms with Crippen LogP contribution in [0.2, 0.25) is 0 Å². The number of aryl methyl sites for hydroxylation is 4. The molecule has 0 aliphatic rings. The van der Waals surface area contributed by atoms with Crippen LogP contribution in [0.1, 0.15) is 52.4 Å². The maximum Gasteiger partial charge on any atom is 0.385 e. The molecule has 0 N–H and O–H groups in total. The minimum atomic E-state index is 0.203. The fraction of sp³-hybridized carbons (Fsp3) is 0.333. The topological polar surface area (TPSA) is 96.0 Å². The monoisotopic (exact) mass is 525 g/mol. The van der Waals surface area contributed by atoms with Gasteiger partial charge in [0, 0.05) is 12.5 Å². The molecule has 4 rings (SSSR count). The second kappa shape index (κ2) is 11.5. The molecule has 37 heavy (non-hydrogen) atoms. The summed E-state index contributed by atoms with van der Waals surface area (Å²) < 4.78 is 18.2. The Morgan fingerprint density at radius 2 is 1.84 bits per heavy atom. The van der Waals surface area contributed by atoms with Crippen molar-refractivity contribution >= 4 is 33.4 Å². The van der Waals surface area contributed by atoms with E-state index in [4.69, 9.17) is 35.0 Å². The molecule has 2 aromatic heterocycles. The highest BCUT2D eigenvalue weighted by Crippen LogP contribution is 2.34. The van der Waals surface area contributed by atoms with Crippen LogP contribution < -0.4 is 14.3 Å². The Balaban J connectivity index is 1.82. The zero-order valence-corrected chi connectivity index (χ0v) is 22.5. The molecule has 0 unspecified atom stereocenters. The van der Waals surface area contributed by atoms with Crippen molar-refractivity contribution in [2.45, 2.75) is 40.0 Å². The van der Waals surface area contributed by atoms with Crippen LogP contribution in [0, 0.1) is 20.8 Å². The molecule has 194 valence electrons. The molecule has 2 aromatic carbocycles. The van der Waals surface area contributed by atoms with Gasteiger partial charge in [0.05, 0.1) is 17.4 Å². The van der Waals surface area contributed by atoms with E-state index in [0.717, 1.165) is 51.8 Å². The van der Waals surface area contributed by atoms with E-state index in [1.807, 2.05) is 32.9 Å². The first-order valence-corrected chi connectivity index (χ1v) is 12.2. The highest BCUT2D eigenvalue weighted by molar-refractivity contribution is 6.69. The van der Waals surface area contributed by atoms with E-state index in [2.05, 4.69) is 33.5 Å². The summed E-state index contributed by atoms with van der Waals surface area (Å²) in [4.78, 5) is 14.7. The Morgan fingerprint density at radius 1 is 1.08 bits per heavy atom. The number of nitrogens with zero attached hydrogens (tertiary/aromatic N) is 4. The normalized spacial score (nSPS) is 12.3. The number of ether oxygens (including phenoxy) is 1. The summed E-state index contributed by atoms with van der Waals surface area (Å²) in [5, 5.41) is 8.00. The Kier molecular flexibility index (Phi) is 8.13. The van der Waals surface area contributed by atoms with E-state index >= 15 is 0 Å². The van der Waals surface area contributed by atoms with Gasteiger partial charge in [0.25, 0.3) is 0 Å². The first-order chi connectivity index (χ1) is 17.9. The third-order valence-corrected chi connectivity index (χ3v) is 6.24. The molecule has 10 heteroatoms. The second-order valence-electron chi connectivity index (χ2n) is 8.56. The average molecular weight is 526 g/mol. The summed E-state index contributed by atoms with van der Waals surface area (Å²) in [6, 6.07) is 8.19. The number of benzene rings is 2. The number of oxime groups is 1. The fourth-order valence-corrected chi connectivity index (χ4v) is 4.56. The minimum Gasteiger partial charge on any atom is -0.496 e. The zero-order valence-electron chi connectivity index (χ0n) is 21.8. The smallest absolute Gasteiger partial charge is 0.385 e. The van der Waals surface area contributed by atoms with Crippen molar-refractivity contribution in [3.8, 4) is 5.75 Å². The number of oxazole rings is 1. The van der Waals surface area contributed by atoms with Crippen molar-refractivity contribution in [2.24, 2.45) is 5.16 Å². The van der Waals surface area contributed by atoms with E-state index in [9.17, 15) is 0 Å². The molecule has 0 radical (unpaired) electrons. The quantitative estimate of drug-likeness (QED) is 0.123. The van der Waals surface area contributed by atoms with Gasteiger partial charge < -0.3 is 18.5 Å². The Bertz CT molecular complexity index is 1470. The molecule has 0 aliphatic carbocycles. The van der Waals surface area contributed by atoms with E-state index in [1.165, 1.54) is 7.11 Å². The summed E-state index contributed by atoms with van der Waals surface area (Å²) in [6.07, 6.45) is 6.06. The van der Waals surface area contributed by atoms with Crippen LogP contribution in [0.4, 0.5) is 0 Å².